The number of hydrogen-bond donors (Lipinski definition) is 1. The summed E-state index contributed by atoms with van der Waals surface area (Å²) in [4.78, 5) is 6.75. The fourth-order valence-corrected chi connectivity index (χ4v) is 3.73. The van der Waals surface area contributed by atoms with E-state index in [-0.39, 0.29) is 24.0 Å². The lowest BCUT2D eigenvalue weighted by Crippen LogP contribution is -2.44. The Hall–Kier alpha value is -2.42. The maximum Gasteiger partial charge on any atom is 0.193 e. The van der Waals surface area contributed by atoms with E-state index in [1.165, 1.54) is 11.1 Å². The third kappa shape index (κ3) is 6.29. The SMILES string of the molecule is CN=C(NCCc1c(OC)cc(OC)cc1OC)N1CC=C(c2ccccc2)CC1.I. The highest BCUT2D eigenvalue weighted by molar-refractivity contribution is 14.0. The summed E-state index contributed by atoms with van der Waals surface area (Å²) in [7, 11) is 6.78. The Morgan fingerprint density at radius 3 is 2.23 bits per heavy atom. The van der Waals surface area contributed by atoms with Crippen LogP contribution in [0.1, 0.15) is 17.5 Å². The molecule has 0 bridgehead atoms. The lowest BCUT2D eigenvalue weighted by atomic mass is 10.00. The minimum absolute atomic E-state index is 0. The maximum atomic E-state index is 5.55. The Morgan fingerprint density at radius 1 is 1.03 bits per heavy atom. The molecular weight excluding hydrogens is 505 g/mol. The molecule has 0 unspecified atom stereocenters. The van der Waals surface area contributed by atoms with Gasteiger partial charge in [0.1, 0.15) is 17.2 Å². The molecular formula is C24H32IN3O3. The summed E-state index contributed by atoms with van der Waals surface area (Å²) < 4.78 is 16.4. The second-order valence-electron chi connectivity index (χ2n) is 7.03. The van der Waals surface area contributed by atoms with Gasteiger partial charge in [0.05, 0.1) is 21.3 Å². The van der Waals surface area contributed by atoms with Gasteiger partial charge < -0.3 is 24.4 Å². The minimum Gasteiger partial charge on any atom is -0.496 e. The molecule has 0 radical (unpaired) electrons. The molecule has 0 amide bonds. The quantitative estimate of drug-likeness (QED) is 0.326. The van der Waals surface area contributed by atoms with Gasteiger partial charge in [-0.25, -0.2) is 0 Å². The normalized spacial score (nSPS) is 13.7. The Balaban J connectivity index is 0.00000341. The van der Waals surface area contributed by atoms with Crippen LogP contribution in [0.15, 0.2) is 53.5 Å². The number of nitrogens with zero attached hydrogens (tertiary/aromatic N) is 2. The van der Waals surface area contributed by atoms with Crippen LogP contribution < -0.4 is 19.5 Å². The number of methoxy groups -OCH3 is 3. The Labute approximate surface area is 202 Å². The van der Waals surface area contributed by atoms with E-state index in [0.717, 1.165) is 55.5 Å². The number of halogens is 1. The summed E-state index contributed by atoms with van der Waals surface area (Å²) in [5, 5.41) is 3.48. The van der Waals surface area contributed by atoms with E-state index in [1.54, 1.807) is 21.3 Å². The first kappa shape index (κ1) is 24.8. The van der Waals surface area contributed by atoms with Gasteiger partial charge in [0.25, 0.3) is 0 Å². The van der Waals surface area contributed by atoms with Crippen LogP contribution in [-0.4, -0.2) is 58.9 Å². The lowest BCUT2D eigenvalue weighted by molar-refractivity contribution is 0.368. The highest BCUT2D eigenvalue weighted by Crippen LogP contribution is 2.34. The molecule has 3 rings (SSSR count). The van der Waals surface area contributed by atoms with E-state index in [0.29, 0.717) is 5.75 Å². The average molecular weight is 537 g/mol. The molecule has 2 aromatic carbocycles. The van der Waals surface area contributed by atoms with E-state index in [4.69, 9.17) is 14.2 Å². The summed E-state index contributed by atoms with van der Waals surface area (Å²) in [5.74, 6) is 3.14. The average Bonchev–Trinajstić information content (AvgIpc) is 2.82. The summed E-state index contributed by atoms with van der Waals surface area (Å²) in [6.45, 7) is 2.51. The van der Waals surface area contributed by atoms with E-state index in [9.17, 15) is 0 Å². The third-order valence-electron chi connectivity index (χ3n) is 5.34. The monoisotopic (exact) mass is 537 g/mol. The lowest BCUT2D eigenvalue weighted by Gasteiger charge is -2.30. The number of ether oxygens (including phenoxy) is 3. The number of nitrogens with one attached hydrogen (secondary N) is 1. The van der Waals surface area contributed by atoms with Crippen molar-refractivity contribution in [1.82, 2.24) is 10.2 Å². The van der Waals surface area contributed by atoms with Crippen molar-refractivity contribution >= 4 is 35.5 Å². The highest BCUT2D eigenvalue weighted by atomic mass is 127. The number of benzene rings is 2. The topological polar surface area (TPSA) is 55.3 Å². The van der Waals surface area contributed by atoms with Crippen LogP contribution in [0.5, 0.6) is 17.2 Å². The molecule has 168 valence electrons. The van der Waals surface area contributed by atoms with Gasteiger partial charge in [-0.3, -0.25) is 4.99 Å². The molecule has 0 spiro atoms. The molecule has 1 aliphatic heterocycles. The van der Waals surface area contributed by atoms with Gasteiger partial charge >= 0.3 is 0 Å². The number of aliphatic imine (C=N–C) groups is 1. The van der Waals surface area contributed by atoms with Gasteiger partial charge in [-0.2, -0.15) is 0 Å². The van der Waals surface area contributed by atoms with Gasteiger partial charge in [-0.05, 0) is 24.0 Å². The van der Waals surface area contributed by atoms with Crippen molar-refractivity contribution in [3.8, 4) is 17.2 Å². The fraction of sp³-hybridized carbons (Fsp3) is 0.375. The van der Waals surface area contributed by atoms with Crippen molar-refractivity contribution in [2.24, 2.45) is 4.99 Å². The maximum absolute atomic E-state index is 5.55. The summed E-state index contributed by atoms with van der Waals surface area (Å²) in [6.07, 6.45) is 4.04. The van der Waals surface area contributed by atoms with Crippen LogP contribution in [0, 0.1) is 0 Å². The van der Waals surface area contributed by atoms with Gasteiger partial charge in [0.15, 0.2) is 5.96 Å². The molecule has 6 nitrogen and oxygen atoms in total. The zero-order chi connectivity index (χ0) is 21.3. The molecule has 0 saturated carbocycles. The molecule has 1 N–H and O–H groups in total. The van der Waals surface area contributed by atoms with Gasteiger partial charge in [-0.15, -0.1) is 24.0 Å². The second-order valence-corrected chi connectivity index (χ2v) is 7.03. The van der Waals surface area contributed by atoms with E-state index >= 15 is 0 Å². The van der Waals surface area contributed by atoms with Gasteiger partial charge in [0, 0.05) is 44.4 Å². The molecule has 0 atom stereocenters. The van der Waals surface area contributed by atoms with Gasteiger partial charge in [0.2, 0.25) is 0 Å². The first-order valence-electron chi connectivity index (χ1n) is 10.2. The summed E-state index contributed by atoms with van der Waals surface area (Å²) in [6, 6.07) is 14.3. The van der Waals surface area contributed by atoms with E-state index in [2.05, 4.69) is 51.6 Å². The predicted octanol–water partition coefficient (Wildman–Crippen LogP) is 4.24. The fourth-order valence-electron chi connectivity index (χ4n) is 3.73. The van der Waals surface area contributed by atoms with Crippen LogP contribution in [0.2, 0.25) is 0 Å². The van der Waals surface area contributed by atoms with Crippen LogP contribution in [0.25, 0.3) is 5.57 Å². The highest BCUT2D eigenvalue weighted by Gasteiger charge is 2.17. The standard InChI is InChI=1S/C24H31N3O3.HI/c1-25-24(27-14-11-19(12-15-27)18-8-6-5-7-9-18)26-13-10-21-22(29-3)16-20(28-2)17-23(21)30-4;/h5-9,11,16-17H,10,12-15H2,1-4H3,(H,25,26);1H. The van der Waals surface area contributed by atoms with E-state index < -0.39 is 0 Å². The molecule has 0 saturated heterocycles. The zero-order valence-corrected chi connectivity index (χ0v) is 21.0. The molecule has 7 heteroatoms. The van der Waals surface area contributed by atoms with Crippen molar-refractivity contribution in [3.63, 3.8) is 0 Å². The molecule has 0 aliphatic carbocycles. The summed E-state index contributed by atoms with van der Waals surface area (Å²) in [5.41, 5.74) is 3.71. The van der Waals surface area contributed by atoms with E-state index in [1.807, 2.05) is 19.2 Å². The van der Waals surface area contributed by atoms with Crippen molar-refractivity contribution in [3.05, 3.63) is 59.7 Å². The van der Waals surface area contributed by atoms with Crippen LogP contribution in [0.4, 0.5) is 0 Å². The number of rotatable bonds is 7. The van der Waals surface area contributed by atoms with Crippen LogP contribution in [0.3, 0.4) is 0 Å². The molecule has 1 heterocycles. The first-order valence-corrected chi connectivity index (χ1v) is 10.2. The molecule has 2 aromatic rings. The van der Waals surface area contributed by atoms with Crippen molar-refractivity contribution in [2.75, 3.05) is 48.0 Å². The Kier molecular flexibility index (Phi) is 9.97. The van der Waals surface area contributed by atoms with Crippen molar-refractivity contribution in [1.29, 1.82) is 0 Å². The van der Waals surface area contributed by atoms with Crippen LogP contribution in [-0.2, 0) is 6.42 Å². The second kappa shape index (κ2) is 12.4. The van der Waals surface area contributed by atoms with Crippen molar-refractivity contribution in [2.45, 2.75) is 12.8 Å². The molecule has 1 aliphatic rings. The Bertz CT molecular complexity index is 875. The predicted molar refractivity (Wildman–Crippen MR) is 137 cm³/mol. The van der Waals surface area contributed by atoms with Crippen molar-refractivity contribution < 1.29 is 14.2 Å². The number of hydrogen-bond acceptors (Lipinski definition) is 4. The molecule has 31 heavy (non-hydrogen) atoms. The van der Waals surface area contributed by atoms with Crippen LogP contribution >= 0.6 is 24.0 Å². The third-order valence-corrected chi connectivity index (χ3v) is 5.34. The molecule has 0 fully saturated rings. The van der Waals surface area contributed by atoms with Gasteiger partial charge in [-0.1, -0.05) is 36.4 Å². The minimum atomic E-state index is 0. The zero-order valence-electron chi connectivity index (χ0n) is 18.7. The Morgan fingerprint density at radius 2 is 1.71 bits per heavy atom. The summed E-state index contributed by atoms with van der Waals surface area (Å²) >= 11 is 0. The molecule has 0 aromatic heterocycles. The number of guanidine groups is 1. The first-order chi connectivity index (χ1) is 14.7. The largest absolute Gasteiger partial charge is 0.496 e. The smallest absolute Gasteiger partial charge is 0.193 e.